The number of aliphatic carboxylic acids is 1. The Balaban J connectivity index is 1.49. The Hall–Kier alpha value is -2.61. The largest absolute Gasteiger partial charge is 0.481 e. The quantitative estimate of drug-likeness (QED) is 0.537. The fraction of sp³-hybridized carbons (Fsp3) is 0.690. The van der Waals surface area contributed by atoms with Crippen molar-refractivity contribution in [2.24, 2.45) is 11.8 Å². The van der Waals surface area contributed by atoms with E-state index in [1.165, 1.54) is 25.5 Å². The van der Waals surface area contributed by atoms with E-state index in [1.54, 1.807) is 4.90 Å². The third kappa shape index (κ3) is 5.22. The standard InChI is InChI=1S/C29H41N3O5/c1-18(16-19-4-11-23(36-2)12-5-19)32-25-13-10-20-14-15-31(29(35)37-3)17-24(20)26(25)30-27(32)21-6-8-22(9-7-21)28(33)34/h10,13,18-19,21-23H,4-9,11-12,14-17H2,1-3H3,(H,33,34)/t18-,19-,21-,22-,23+/m0/s1. The van der Waals surface area contributed by atoms with Crippen LogP contribution in [0, 0.1) is 11.8 Å². The van der Waals surface area contributed by atoms with E-state index in [-0.39, 0.29) is 17.9 Å². The zero-order valence-corrected chi connectivity index (χ0v) is 22.4. The molecule has 1 amide bonds. The summed E-state index contributed by atoms with van der Waals surface area (Å²) < 4.78 is 13.1. The molecule has 1 aromatic carbocycles. The summed E-state index contributed by atoms with van der Waals surface area (Å²) in [5, 5.41) is 9.52. The maximum Gasteiger partial charge on any atom is 0.409 e. The Bertz CT molecular complexity index is 1130. The van der Waals surface area contributed by atoms with Crippen LogP contribution in [0.1, 0.15) is 93.6 Å². The Morgan fingerprint density at radius 2 is 1.81 bits per heavy atom. The molecule has 2 saturated carbocycles. The number of imidazole rings is 1. The summed E-state index contributed by atoms with van der Waals surface area (Å²) >= 11 is 0. The molecule has 8 nitrogen and oxygen atoms in total. The van der Waals surface area contributed by atoms with Gasteiger partial charge in [0.05, 0.1) is 36.7 Å². The number of carboxylic acid groups (broad SMARTS) is 1. The molecule has 0 radical (unpaired) electrons. The molecule has 0 unspecified atom stereocenters. The van der Waals surface area contributed by atoms with Gasteiger partial charge in [-0.05, 0) is 88.7 Å². The maximum absolute atomic E-state index is 12.3. The van der Waals surface area contributed by atoms with Crippen molar-refractivity contribution in [2.75, 3.05) is 20.8 Å². The number of amides is 1. The number of carboxylic acids is 1. The highest BCUT2D eigenvalue weighted by Gasteiger charge is 2.33. The highest BCUT2D eigenvalue weighted by molar-refractivity contribution is 5.82. The normalized spacial score (nSPS) is 27.1. The molecule has 1 aliphatic heterocycles. The molecule has 0 saturated heterocycles. The SMILES string of the molecule is COC(=O)N1CCc2ccc3c(nc([C@H]4CC[C@H](C(=O)O)CC4)n3[C@@H](C)C[C@H]3CC[C@@H](OC)CC3)c2C1. The average Bonchev–Trinajstić information content (AvgIpc) is 3.33. The van der Waals surface area contributed by atoms with E-state index in [4.69, 9.17) is 14.5 Å². The molecule has 2 heterocycles. The lowest BCUT2D eigenvalue weighted by Gasteiger charge is -2.32. The molecule has 5 rings (SSSR count). The Morgan fingerprint density at radius 3 is 2.46 bits per heavy atom. The highest BCUT2D eigenvalue weighted by Crippen LogP contribution is 2.41. The van der Waals surface area contributed by atoms with E-state index in [0.717, 1.165) is 60.9 Å². The molecule has 37 heavy (non-hydrogen) atoms. The predicted molar refractivity (Wildman–Crippen MR) is 141 cm³/mol. The number of fused-ring (bicyclic) bond motifs is 3. The third-order valence-corrected chi connectivity index (χ3v) is 9.21. The summed E-state index contributed by atoms with van der Waals surface area (Å²) in [6, 6.07) is 4.73. The minimum Gasteiger partial charge on any atom is -0.481 e. The van der Waals surface area contributed by atoms with Gasteiger partial charge in [0.15, 0.2) is 0 Å². The fourth-order valence-corrected chi connectivity index (χ4v) is 7.04. The predicted octanol–water partition coefficient (Wildman–Crippen LogP) is 5.68. The van der Waals surface area contributed by atoms with Gasteiger partial charge in [-0.3, -0.25) is 4.79 Å². The number of hydrogen-bond donors (Lipinski definition) is 1. The number of carbonyl (C=O) groups excluding carboxylic acids is 1. The average molecular weight is 512 g/mol. The summed E-state index contributed by atoms with van der Waals surface area (Å²) in [6.07, 6.45) is 9.73. The smallest absolute Gasteiger partial charge is 0.409 e. The Kier molecular flexibility index (Phi) is 7.75. The lowest BCUT2D eigenvalue weighted by molar-refractivity contribution is -0.142. The molecule has 0 spiro atoms. The molecular weight excluding hydrogens is 470 g/mol. The van der Waals surface area contributed by atoms with Crippen LogP contribution in [0.25, 0.3) is 11.0 Å². The zero-order valence-electron chi connectivity index (χ0n) is 22.4. The van der Waals surface area contributed by atoms with Gasteiger partial charge in [0.1, 0.15) is 5.82 Å². The van der Waals surface area contributed by atoms with Crippen LogP contribution >= 0.6 is 0 Å². The van der Waals surface area contributed by atoms with Crippen molar-refractivity contribution >= 4 is 23.1 Å². The Morgan fingerprint density at radius 1 is 1.08 bits per heavy atom. The van der Waals surface area contributed by atoms with Gasteiger partial charge in [-0.2, -0.15) is 0 Å². The van der Waals surface area contributed by atoms with Crippen molar-refractivity contribution in [1.29, 1.82) is 0 Å². The lowest BCUT2D eigenvalue weighted by atomic mass is 9.81. The van der Waals surface area contributed by atoms with Gasteiger partial charge in [0.25, 0.3) is 0 Å². The first-order valence-corrected chi connectivity index (χ1v) is 14.0. The van der Waals surface area contributed by atoms with Crippen molar-refractivity contribution < 1.29 is 24.2 Å². The molecule has 2 fully saturated rings. The number of ether oxygens (including phenoxy) is 2. The summed E-state index contributed by atoms with van der Waals surface area (Å²) in [5.74, 6) is 1.10. The highest BCUT2D eigenvalue weighted by atomic mass is 16.5. The number of carbonyl (C=O) groups is 2. The summed E-state index contributed by atoms with van der Waals surface area (Å²) in [6.45, 7) is 3.48. The number of methoxy groups -OCH3 is 2. The second-order valence-electron chi connectivity index (χ2n) is 11.4. The van der Waals surface area contributed by atoms with Crippen molar-refractivity contribution in [3.8, 4) is 0 Å². The number of aromatic nitrogens is 2. The van der Waals surface area contributed by atoms with Crippen LogP contribution in [-0.2, 0) is 27.2 Å². The first-order chi connectivity index (χ1) is 17.9. The molecule has 8 heteroatoms. The number of hydrogen-bond acceptors (Lipinski definition) is 5. The molecule has 3 aliphatic rings. The van der Waals surface area contributed by atoms with Gasteiger partial charge in [-0.25, -0.2) is 9.78 Å². The second kappa shape index (κ2) is 11.0. The van der Waals surface area contributed by atoms with Gasteiger partial charge in [-0.1, -0.05) is 6.07 Å². The van der Waals surface area contributed by atoms with Gasteiger partial charge >= 0.3 is 12.1 Å². The number of nitrogens with zero attached hydrogens (tertiary/aromatic N) is 3. The third-order valence-electron chi connectivity index (χ3n) is 9.21. The zero-order chi connectivity index (χ0) is 26.1. The molecule has 1 atom stereocenters. The van der Waals surface area contributed by atoms with Crippen LogP contribution in [0.3, 0.4) is 0 Å². The van der Waals surface area contributed by atoms with E-state index in [0.29, 0.717) is 44.0 Å². The minimum atomic E-state index is -0.677. The van der Waals surface area contributed by atoms with Gasteiger partial charge in [0.2, 0.25) is 0 Å². The topological polar surface area (TPSA) is 93.9 Å². The lowest BCUT2D eigenvalue weighted by Crippen LogP contribution is -2.35. The van der Waals surface area contributed by atoms with Crippen molar-refractivity contribution in [2.45, 2.75) is 95.7 Å². The van der Waals surface area contributed by atoms with E-state index in [1.807, 2.05) is 7.11 Å². The van der Waals surface area contributed by atoms with Crippen LogP contribution in [-0.4, -0.2) is 58.5 Å². The van der Waals surface area contributed by atoms with Crippen molar-refractivity contribution in [3.05, 3.63) is 29.1 Å². The van der Waals surface area contributed by atoms with Crippen LogP contribution < -0.4 is 0 Å². The van der Waals surface area contributed by atoms with E-state index < -0.39 is 5.97 Å². The summed E-state index contributed by atoms with van der Waals surface area (Å²) in [7, 11) is 3.25. The van der Waals surface area contributed by atoms with E-state index >= 15 is 0 Å². The molecule has 0 bridgehead atoms. The van der Waals surface area contributed by atoms with Crippen molar-refractivity contribution in [1.82, 2.24) is 14.5 Å². The molecule has 1 N–H and O–H groups in total. The van der Waals surface area contributed by atoms with Crippen LogP contribution in [0.5, 0.6) is 0 Å². The fourth-order valence-electron chi connectivity index (χ4n) is 7.04. The monoisotopic (exact) mass is 511 g/mol. The first kappa shape index (κ1) is 26.0. The number of rotatable bonds is 6. The molecule has 202 valence electrons. The minimum absolute atomic E-state index is 0.246. The first-order valence-electron chi connectivity index (χ1n) is 14.0. The van der Waals surface area contributed by atoms with Crippen LogP contribution in [0.15, 0.2) is 12.1 Å². The number of benzene rings is 1. The van der Waals surface area contributed by atoms with Crippen LogP contribution in [0.4, 0.5) is 4.79 Å². The molecule has 2 aromatic rings. The van der Waals surface area contributed by atoms with Gasteiger partial charge < -0.3 is 24.0 Å². The van der Waals surface area contributed by atoms with E-state index in [9.17, 15) is 14.7 Å². The van der Waals surface area contributed by atoms with Gasteiger partial charge in [-0.15, -0.1) is 0 Å². The molecule has 2 aliphatic carbocycles. The maximum atomic E-state index is 12.3. The second-order valence-corrected chi connectivity index (χ2v) is 11.4. The molecular formula is C29H41N3O5. The van der Waals surface area contributed by atoms with Crippen molar-refractivity contribution in [3.63, 3.8) is 0 Å². The molecule has 1 aromatic heterocycles. The van der Waals surface area contributed by atoms with Crippen LogP contribution in [0.2, 0.25) is 0 Å². The summed E-state index contributed by atoms with van der Waals surface area (Å²) in [4.78, 5) is 30.9. The Labute approximate surface area is 219 Å². The summed E-state index contributed by atoms with van der Waals surface area (Å²) in [5.41, 5.74) is 4.51. The van der Waals surface area contributed by atoms with Gasteiger partial charge in [0, 0.05) is 31.2 Å². The van der Waals surface area contributed by atoms with E-state index in [2.05, 4.69) is 23.6 Å².